The Morgan fingerprint density at radius 2 is 1.87 bits per heavy atom. The number of nitrogens with one attached hydrogen (secondary N) is 1. The smallest absolute Gasteiger partial charge is 0.421 e. The maximum absolute atomic E-state index is 14.0. The van der Waals surface area contributed by atoms with Crippen molar-refractivity contribution < 1.29 is 41.4 Å². The summed E-state index contributed by atoms with van der Waals surface area (Å²) in [5.41, 5.74) is 0.208. The van der Waals surface area contributed by atoms with E-state index in [4.69, 9.17) is 10.9 Å². The number of alkyl halides is 3. The summed E-state index contributed by atoms with van der Waals surface area (Å²) in [6.45, 7) is 0.780. The molecule has 1 fully saturated rings. The summed E-state index contributed by atoms with van der Waals surface area (Å²) >= 11 is 0. The number of aliphatic hydroxyl groups is 1. The molecule has 1 aromatic heterocycles. The Labute approximate surface area is 223 Å². The molecule has 5 N–H and O–H groups in total. The fourth-order valence-electron chi connectivity index (χ4n) is 4.92. The number of carbonyl (C=O) groups is 2. The number of hydrazine groups is 1. The predicted octanol–water partition coefficient (Wildman–Crippen LogP) is 3.25. The van der Waals surface area contributed by atoms with Gasteiger partial charge in [-0.2, -0.15) is 13.2 Å². The van der Waals surface area contributed by atoms with E-state index in [1.54, 1.807) is 0 Å². The van der Waals surface area contributed by atoms with E-state index in [-0.39, 0.29) is 47.7 Å². The van der Waals surface area contributed by atoms with Gasteiger partial charge >= 0.3 is 12.3 Å². The van der Waals surface area contributed by atoms with Crippen LogP contribution in [0.4, 0.5) is 18.0 Å². The van der Waals surface area contributed by atoms with Gasteiger partial charge in [0.15, 0.2) is 9.84 Å². The fraction of sp³-hybridized carbons (Fsp3) is 0.480. The number of hydrogen-bond donors (Lipinski definition) is 4. The van der Waals surface area contributed by atoms with Gasteiger partial charge in [0.25, 0.3) is 5.91 Å². The van der Waals surface area contributed by atoms with E-state index in [9.17, 15) is 36.3 Å². The summed E-state index contributed by atoms with van der Waals surface area (Å²) in [7, 11) is -3.46. The monoisotopic (exact) mass is 572 g/mol. The lowest BCUT2D eigenvalue weighted by molar-refractivity contribution is -0.190. The van der Waals surface area contributed by atoms with E-state index >= 15 is 0 Å². The van der Waals surface area contributed by atoms with Crippen molar-refractivity contribution in [3.05, 3.63) is 59.4 Å². The number of aromatic nitrogens is 1. The van der Waals surface area contributed by atoms with Gasteiger partial charge in [0.1, 0.15) is 0 Å². The first-order valence-electron chi connectivity index (χ1n) is 12.3. The molecule has 0 saturated heterocycles. The molecule has 39 heavy (non-hydrogen) atoms. The van der Waals surface area contributed by atoms with Crippen molar-refractivity contribution in [1.29, 1.82) is 0 Å². The normalized spacial score (nSPS) is 20.7. The van der Waals surface area contributed by atoms with E-state index in [1.807, 2.05) is 0 Å². The van der Waals surface area contributed by atoms with E-state index in [0.717, 1.165) is 0 Å². The number of hydrogen-bond acceptors (Lipinski definition) is 7. The average Bonchev–Trinajstić information content (AvgIpc) is 2.91. The van der Waals surface area contributed by atoms with Crippen molar-refractivity contribution in [3.8, 4) is 0 Å². The highest BCUT2D eigenvalue weighted by molar-refractivity contribution is 7.91. The van der Waals surface area contributed by atoms with E-state index < -0.39 is 58.4 Å². The minimum atomic E-state index is -4.58. The Kier molecular flexibility index (Phi) is 9.56. The fourth-order valence-corrected chi connectivity index (χ4v) is 5.81. The molecule has 10 nitrogen and oxygen atoms in total. The van der Waals surface area contributed by atoms with Crippen LogP contribution in [-0.2, 0) is 9.84 Å². The molecule has 1 aromatic carbocycles. The van der Waals surface area contributed by atoms with Gasteiger partial charge < -0.3 is 15.5 Å². The molecule has 214 valence electrons. The highest BCUT2D eigenvalue weighted by Gasteiger charge is 2.49. The number of amides is 2. The molecule has 1 aliphatic rings. The largest absolute Gasteiger partial charge is 0.464 e. The molecule has 4 atom stereocenters. The quantitative estimate of drug-likeness (QED) is 0.202. The molecule has 1 saturated carbocycles. The molecule has 0 spiro atoms. The van der Waals surface area contributed by atoms with Crippen molar-refractivity contribution in [3.63, 3.8) is 0 Å². The first-order chi connectivity index (χ1) is 18.3. The Bertz CT molecular complexity index is 1270. The van der Waals surface area contributed by atoms with Crippen LogP contribution in [0.5, 0.6) is 0 Å². The van der Waals surface area contributed by atoms with Gasteiger partial charge in [-0.15, -0.1) is 0 Å². The van der Waals surface area contributed by atoms with Gasteiger partial charge in [0.05, 0.1) is 40.5 Å². The second-order valence-electron chi connectivity index (χ2n) is 9.49. The molecule has 14 heteroatoms. The van der Waals surface area contributed by atoms with Gasteiger partial charge in [-0.3, -0.25) is 9.78 Å². The Balaban J connectivity index is 1.89. The van der Waals surface area contributed by atoms with Crippen LogP contribution in [0.15, 0.2) is 47.5 Å². The molecule has 1 aliphatic carbocycles. The van der Waals surface area contributed by atoms with E-state index in [0.29, 0.717) is 10.6 Å². The molecule has 2 amide bonds. The summed E-state index contributed by atoms with van der Waals surface area (Å²) in [6, 6.07) is 7.38. The minimum Gasteiger partial charge on any atom is -0.464 e. The summed E-state index contributed by atoms with van der Waals surface area (Å²) in [5, 5.41) is 22.1. The number of carboxylic acid groups (broad SMARTS) is 1. The third-order valence-corrected chi connectivity index (χ3v) is 8.77. The van der Waals surface area contributed by atoms with E-state index in [2.05, 4.69) is 10.3 Å². The second-order valence-corrected chi connectivity index (χ2v) is 11.8. The maximum Gasteiger partial charge on any atom is 0.421 e. The number of rotatable bonds is 9. The van der Waals surface area contributed by atoms with Crippen LogP contribution >= 0.6 is 0 Å². The maximum atomic E-state index is 14.0. The van der Waals surface area contributed by atoms with Crippen LogP contribution in [0.1, 0.15) is 59.8 Å². The predicted molar refractivity (Wildman–Crippen MR) is 134 cm³/mol. The van der Waals surface area contributed by atoms with E-state index in [1.165, 1.54) is 49.5 Å². The molecule has 0 radical (unpaired) electrons. The molecule has 2 aromatic rings. The van der Waals surface area contributed by atoms with Gasteiger partial charge in [0, 0.05) is 18.7 Å². The second kappa shape index (κ2) is 12.3. The number of nitrogens with zero attached hydrogens (tertiary/aromatic N) is 2. The molecular weight excluding hydrogens is 541 g/mol. The standard InChI is InChI=1S/C25H31F3N4O6S/c1-2-39(37,38)17-8-6-16(7-9-17)21(14-33)31-23(34)18-4-3-11-30-22(18)19-12-15(13-32(29)24(35)36)5-10-20(19)25(26,27)28/h3-4,6-9,11,15,19-21,33H,2,5,10,12-14,29H2,1H3,(H,31,34)(H,35,36)/t15-,19?,20-,21+/m1/s1. The number of halogens is 3. The molecule has 3 rings (SSSR count). The van der Waals surface area contributed by atoms with Crippen LogP contribution in [0.25, 0.3) is 0 Å². The summed E-state index contributed by atoms with van der Waals surface area (Å²) in [5.74, 6) is 1.11. The Morgan fingerprint density at radius 3 is 2.44 bits per heavy atom. The number of sulfone groups is 1. The number of carbonyl (C=O) groups excluding carboxylic acids is 1. The van der Waals surface area contributed by atoms with Crippen molar-refractivity contribution in [2.75, 3.05) is 18.9 Å². The zero-order valence-corrected chi connectivity index (χ0v) is 22.0. The van der Waals surface area contributed by atoms with Crippen molar-refractivity contribution in [2.45, 2.75) is 49.2 Å². The number of pyridine rings is 1. The van der Waals surface area contributed by atoms with Crippen molar-refractivity contribution in [2.24, 2.45) is 17.7 Å². The minimum absolute atomic E-state index is 0.0790. The van der Waals surface area contributed by atoms with Crippen molar-refractivity contribution >= 4 is 21.8 Å². The van der Waals surface area contributed by atoms with Crippen LogP contribution in [-0.4, -0.2) is 65.7 Å². The number of benzene rings is 1. The average molecular weight is 573 g/mol. The zero-order chi connectivity index (χ0) is 29.0. The third-order valence-electron chi connectivity index (χ3n) is 7.02. The molecule has 0 bridgehead atoms. The first kappa shape index (κ1) is 30.3. The van der Waals surface area contributed by atoms with Crippen LogP contribution < -0.4 is 11.2 Å². The molecule has 1 heterocycles. The van der Waals surface area contributed by atoms with Crippen LogP contribution in [0, 0.1) is 11.8 Å². The molecule has 1 unspecified atom stereocenters. The number of nitrogens with two attached hydrogens (primary N) is 1. The number of aliphatic hydroxyl groups excluding tert-OH is 1. The summed E-state index contributed by atoms with van der Waals surface area (Å²) in [6.07, 6.45) is -4.96. The SMILES string of the molecule is CCS(=O)(=O)c1ccc([C@H](CO)NC(=O)c2cccnc2C2C[C@H](CN(N)C(=O)O)CC[C@H]2C(F)(F)F)cc1. The Morgan fingerprint density at radius 1 is 1.21 bits per heavy atom. The lowest BCUT2D eigenvalue weighted by Gasteiger charge is -2.38. The summed E-state index contributed by atoms with van der Waals surface area (Å²) in [4.78, 5) is 28.6. The highest BCUT2D eigenvalue weighted by atomic mass is 32.2. The molecule has 0 aliphatic heterocycles. The lowest BCUT2D eigenvalue weighted by Crippen LogP contribution is -2.43. The van der Waals surface area contributed by atoms with Gasteiger partial charge in [-0.25, -0.2) is 24.1 Å². The van der Waals surface area contributed by atoms with Gasteiger partial charge in [-0.1, -0.05) is 19.1 Å². The topological polar surface area (TPSA) is 163 Å². The highest BCUT2D eigenvalue weighted by Crippen LogP contribution is 2.48. The first-order valence-corrected chi connectivity index (χ1v) is 13.9. The van der Waals surface area contributed by atoms with Gasteiger partial charge in [0.2, 0.25) is 0 Å². The van der Waals surface area contributed by atoms with Crippen LogP contribution in [0.2, 0.25) is 0 Å². The van der Waals surface area contributed by atoms with Crippen LogP contribution in [0.3, 0.4) is 0 Å². The van der Waals surface area contributed by atoms with Gasteiger partial charge in [-0.05, 0) is 55.0 Å². The summed E-state index contributed by atoms with van der Waals surface area (Å²) < 4.78 is 66.2. The zero-order valence-electron chi connectivity index (χ0n) is 21.1. The Hall–Kier alpha value is -3.23. The third kappa shape index (κ3) is 7.25. The van der Waals surface area contributed by atoms with Crippen molar-refractivity contribution in [1.82, 2.24) is 15.3 Å². The lowest BCUT2D eigenvalue weighted by atomic mass is 9.71. The molecular formula is C25H31F3N4O6S.